The summed E-state index contributed by atoms with van der Waals surface area (Å²) in [5, 5.41) is 9.79. The van der Waals surface area contributed by atoms with Crippen molar-refractivity contribution in [2.75, 3.05) is 14.2 Å². The molecule has 45 heavy (non-hydrogen) atoms. The topological polar surface area (TPSA) is 97.5 Å². The maximum absolute atomic E-state index is 13.3. The van der Waals surface area contributed by atoms with Crippen LogP contribution < -0.4 is 4.74 Å². The third-order valence-electron chi connectivity index (χ3n) is 8.79. The second kappa shape index (κ2) is 11.8. The first-order chi connectivity index (χ1) is 21.5. The molecule has 6 rings (SSSR count). The maximum atomic E-state index is 13.3. The summed E-state index contributed by atoms with van der Waals surface area (Å²) in [5.74, 6) is 0.225. The van der Waals surface area contributed by atoms with E-state index in [4.69, 9.17) is 14.2 Å². The predicted molar refractivity (Wildman–Crippen MR) is 175 cm³/mol. The van der Waals surface area contributed by atoms with Crippen molar-refractivity contribution >= 4 is 34.5 Å². The summed E-state index contributed by atoms with van der Waals surface area (Å²) in [6.07, 6.45) is 7.96. The minimum absolute atomic E-state index is 0.0581. The molecule has 0 bridgehead atoms. The SMILES string of the molecule is COC(=O)c1nnn(C(C)C)c1C1=Cc2cc(OC)ccc2-c2c(C3CCCCC3)c3ccc(C(=O)OC(C)(C)C)cc3n2C1. The standard InChI is InChI=1S/C36H42N4O5/c1-21(2)40-32(31(37-38-40)35(42)44-7)25-17-24-18-26(43-6)14-16-27(24)33-30(22-11-9-8-10-12-22)28-15-13-23(19-29(28)39(33)20-25)34(41)45-36(3,4)5/h13-19,21-22H,8-12,20H2,1-7H3. The highest BCUT2D eigenvalue weighted by molar-refractivity contribution is 6.03. The Hall–Kier alpha value is -4.40. The van der Waals surface area contributed by atoms with E-state index in [1.165, 1.54) is 31.9 Å². The predicted octanol–water partition coefficient (Wildman–Crippen LogP) is 7.83. The number of allylic oxidation sites excluding steroid dienone is 1. The van der Waals surface area contributed by atoms with Crippen LogP contribution in [-0.4, -0.2) is 51.3 Å². The van der Waals surface area contributed by atoms with E-state index >= 15 is 0 Å². The Bertz CT molecular complexity index is 1810. The van der Waals surface area contributed by atoms with E-state index in [1.54, 1.807) is 11.8 Å². The van der Waals surface area contributed by atoms with Gasteiger partial charge < -0.3 is 18.8 Å². The monoisotopic (exact) mass is 610 g/mol. The lowest BCUT2D eigenvalue weighted by molar-refractivity contribution is 0.00694. The number of fused-ring (bicyclic) bond motifs is 5. The average Bonchev–Trinajstić information content (AvgIpc) is 3.55. The van der Waals surface area contributed by atoms with Gasteiger partial charge in [0.05, 0.1) is 32.0 Å². The van der Waals surface area contributed by atoms with Gasteiger partial charge in [0.2, 0.25) is 0 Å². The molecule has 2 aromatic heterocycles. The van der Waals surface area contributed by atoms with Crippen molar-refractivity contribution in [1.82, 2.24) is 19.6 Å². The van der Waals surface area contributed by atoms with Crippen LogP contribution >= 0.6 is 0 Å². The largest absolute Gasteiger partial charge is 0.497 e. The molecule has 3 heterocycles. The van der Waals surface area contributed by atoms with Crippen LogP contribution in [0.2, 0.25) is 0 Å². The summed E-state index contributed by atoms with van der Waals surface area (Å²) in [6.45, 7) is 10.1. The molecule has 0 amide bonds. The van der Waals surface area contributed by atoms with Gasteiger partial charge in [-0.15, -0.1) is 5.10 Å². The van der Waals surface area contributed by atoms with Crippen molar-refractivity contribution in [2.24, 2.45) is 0 Å². The summed E-state index contributed by atoms with van der Waals surface area (Å²) in [5.41, 5.74) is 6.97. The summed E-state index contributed by atoms with van der Waals surface area (Å²) in [7, 11) is 3.02. The fraction of sp³-hybridized carbons (Fsp3) is 0.444. The Balaban J connectivity index is 1.67. The number of esters is 2. The molecule has 0 spiro atoms. The fourth-order valence-electron chi connectivity index (χ4n) is 6.84. The molecule has 1 aliphatic carbocycles. The van der Waals surface area contributed by atoms with Crippen LogP contribution in [0.3, 0.4) is 0 Å². The number of hydrogen-bond donors (Lipinski definition) is 0. The smallest absolute Gasteiger partial charge is 0.360 e. The van der Waals surface area contributed by atoms with Crippen LogP contribution in [0.4, 0.5) is 0 Å². The number of hydrogen-bond acceptors (Lipinski definition) is 7. The molecule has 0 unspecified atom stereocenters. The van der Waals surface area contributed by atoms with Gasteiger partial charge in [0.15, 0.2) is 5.69 Å². The number of carbonyl (C=O) groups excluding carboxylic acids is 2. The van der Waals surface area contributed by atoms with Crippen LogP contribution in [-0.2, 0) is 16.0 Å². The molecule has 0 saturated heterocycles. The first-order valence-electron chi connectivity index (χ1n) is 15.8. The Morgan fingerprint density at radius 2 is 1.71 bits per heavy atom. The van der Waals surface area contributed by atoms with Crippen molar-refractivity contribution in [3.8, 4) is 17.0 Å². The van der Waals surface area contributed by atoms with Crippen LogP contribution in [0.5, 0.6) is 5.75 Å². The Labute approximate surface area is 264 Å². The van der Waals surface area contributed by atoms with Crippen molar-refractivity contribution in [3.05, 3.63) is 64.5 Å². The van der Waals surface area contributed by atoms with Gasteiger partial charge in [-0.25, -0.2) is 14.3 Å². The molecule has 0 atom stereocenters. The molecular formula is C36H42N4O5. The zero-order valence-corrected chi connectivity index (χ0v) is 27.3. The molecule has 2 aromatic carbocycles. The van der Waals surface area contributed by atoms with Gasteiger partial charge in [0, 0.05) is 28.1 Å². The number of methoxy groups -OCH3 is 2. The Kier molecular flexibility index (Phi) is 8.05. The minimum atomic E-state index is -0.615. The number of rotatable bonds is 6. The van der Waals surface area contributed by atoms with Crippen molar-refractivity contribution in [3.63, 3.8) is 0 Å². The minimum Gasteiger partial charge on any atom is -0.497 e. The second-order valence-electron chi connectivity index (χ2n) is 13.4. The lowest BCUT2D eigenvalue weighted by Gasteiger charge is -2.24. The van der Waals surface area contributed by atoms with Crippen LogP contribution in [0, 0.1) is 0 Å². The molecule has 9 heteroatoms. The van der Waals surface area contributed by atoms with Crippen LogP contribution in [0.15, 0.2) is 36.4 Å². The fourth-order valence-corrected chi connectivity index (χ4v) is 6.84. The van der Waals surface area contributed by atoms with Gasteiger partial charge in [0.25, 0.3) is 0 Å². The van der Waals surface area contributed by atoms with Gasteiger partial charge in [-0.1, -0.05) is 30.5 Å². The third kappa shape index (κ3) is 5.64. The lowest BCUT2D eigenvalue weighted by Crippen LogP contribution is -2.23. The van der Waals surface area contributed by atoms with Crippen molar-refractivity contribution in [1.29, 1.82) is 0 Å². The number of carbonyl (C=O) groups is 2. The second-order valence-corrected chi connectivity index (χ2v) is 13.4. The van der Waals surface area contributed by atoms with E-state index in [-0.39, 0.29) is 17.7 Å². The Morgan fingerprint density at radius 3 is 2.38 bits per heavy atom. The zero-order valence-electron chi connectivity index (χ0n) is 27.3. The van der Waals surface area contributed by atoms with E-state index in [1.807, 2.05) is 58.9 Å². The number of aromatic nitrogens is 4. The highest BCUT2D eigenvalue weighted by Crippen LogP contribution is 2.48. The van der Waals surface area contributed by atoms with E-state index in [2.05, 4.69) is 33.1 Å². The maximum Gasteiger partial charge on any atom is 0.360 e. The van der Waals surface area contributed by atoms with Gasteiger partial charge in [-0.2, -0.15) is 0 Å². The van der Waals surface area contributed by atoms with Crippen LogP contribution in [0.1, 0.15) is 116 Å². The van der Waals surface area contributed by atoms with Crippen LogP contribution in [0.25, 0.3) is 33.8 Å². The summed E-state index contributed by atoms with van der Waals surface area (Å²) in [4.78, 5) is 26.3. The molecule has 1 aliphatic heterocycles. The number of ether oxygens (including phenoxy) is 3. The quantitative estimate of drug-likeness (QED) is 0.205. The normalized spacial score (nSPS) is 15.3. The molecular weight excluding hydrogens is 568 g/mol. The zero-order chi connectivity index (χ0) is 32.0. The van der Waals surface area contributed by atoms with Gasteiger partial charge in [-0.05, 0) is 101 Å². The van der Waals surface area contributed by atoms with Gasteiger partial charge in [-0.3, -0.25) is 0 Å². The summed E-state index contributed by atoms with van der Waals surface area (Å²) < 4.78 is 20.7. The van der Waals surface area contributed by atoms with Gasteiger partial charge >= 0.3 is 11.9 Å². The third-order valence-corrected chi connectivity index (χ3v) is 8.79. The molecule has 1 fully saturated rings. The first-order valence-corrected chi connectivity index (χ1v) is 15.8. The van der Waals surface area contributed by atoms with E-state index in [9.17, 15) is 9.59 Å². The molecule has 236 valence electrons. The van der Waals surface area contributed by atoms with Crippen molar-refractivity contribution in [2.45, 2.75) is 90.8 Å². The molecule has 4 aromatic rings. The number of benzene rings is 2. The highest BCUT2D eigenvalue weighted by atomic mass is 16.6. The molecule has 9 nitrogen and oxygen atoms in total. The van der Waals surface area contributed by atoms with E-state index < -0.39 is 11.6 Å². The Morgan fingerprint density at radius 1 is 0.956 bits per heavy atom. The number of nitrogens with zero attached hydrogens (tertiary/aromatic N) is 4. The summed E-state index contributed by atoms with van der Waals surface area (Å²) >= 11 is 0. The van der Waals surface area contributed by atoms with E-state index in [0.29, 0.717) is 23.7 Å². The molecule has 0 radical (unpaired) electrons. The molecule has 1 saturated carbocycles. The first kappa shape index (κ1) is 30.6. The van der Waals surface area contributed by atoms with Crippen molar-refractivity contribution < 1.29 is 23.8 Å². The summed E-state index contributed by atoms with van der Waals surface area (Å²) in [6, 6.07) is 12.0. The molecule has 2 aliphatic rings. The average molecular weight is 611 g/mol. The molecule has 0 N–H and O–H groups in total. The van der Waals surface area contributed by atoms with E-state index in [0.717, 1.165) is 51.9 Å². The highest BCUT2D eigenvalue weighted by Gasteiger charge is 2.33. The van der Waals surface area contributed by atoms with Gasteiger partial charge in [0.1, 0.15) is 17.0 Å². The lowest BCUT2D eigenvalue weighted by atomic mass is 9.81.